The number of nitrogens with zero attached hydrogens (tertiary/aromatic N) is 2. The second-order valence-corrected chi connectivity index (χ2v) is 8.24. The van der Waals surface area contributed by atoms with E-state index in [1.807, 2.05) is 49.4 Å². The first-order chi connectivity index (χ1) is 16.9. The number of hydrogen-bond acceptors (Lipinski definition) is 6. The molecule has 0 bridgehead atoms. The third-order valence-corrected chi connectivity index (χ3v) is 6.05. The molecule has 4 rings (SSSR count). The fourth-order valence-corrected chi connectivity index (χ4v) is 3.94. The van der Waals surface area contributed by atoms with Crippen molar-refractivity contribution in [3.63, 3.8) is 0 Å². The van der Waals surface area contributed by atoms with Crippen molar-refractivity contribution in [3.8, 4) is 22.6 Å². The van der Waals surface area contributed by atoms with Crippen LogP contribution in [-0.4, -0.2) is 23.1 Å². The SMILES string of the molecule is Cc1c(COc2ccc(Cn3oc(=O)[n-]c3=O)cc2)cccc1-c1ccc(OCCO)c(C)c1C.[Na+]. The molecule has 0 saturated carbocycles. The van der Waals surface area contributed by atoms with E-state index >= 15 is 0 Å². The van der Waals surface area contributed by atoms with E-state index < -0.39 is 11.4 Å². The zero-order valence-corrected chi connectivity index (χ0v) is 22.9. The summed E-state index contributed by atoms with van der Waals surface area (Å²) in [6.45, 7) is 6.96. The summed E-state index contributed by atoms with van der Waals surface area (Å²) in [4.78, 5) is 25.8. The molecule has 0 spiro atoms. The van der Waals surface area contributed by atoms with Crippen LogP contribution < -0.4 is 55.5 Å². The van der Waals surface area contributed by atoms with Gasteiger partial charge in [-0.2, -0.15) is 0 Å². The summed E-state index contributed by atoms with van der Waals surface area (Å²) in [7, 11) is 0. The summed E-state index contributed by atoms with van der Waals surface area (Å²) in [5.41, 5.74) is 6.73. The molecule has 0 aliphatic rings. The van der Waals surface area contributed by atoms with Crippen molar-refractivity contribution in [3.05, 3.63) is 103 Å². The molecule has 1 aromatic heterocycles. The van der Waals surface area contributed by atoms with Crippen molar-refractivity contribution < 1.29 is 48.7 Å². The smallest absolute Gasteiger partial charge is 0.491 e. The van der Waals surface area contributed by atoms with E-state index in [4.69, 9.17) is 19.1 Å². The topological polar surface area (TPSA) is 105 Å². The van der Waals surface area contributed by atoms with Crippen LogP contribution in [0, 0.1) is 20.8 Å². The summed E-state index contributed by atoms with van der Waals surface area (Å²) < 4.78 is 17.3. The van der Waals surface area contributed by atoms with Gasteiger partial charge in [0.15, 0.2) is 5.69 Å². The molecule has 0 amide bonds. The fourth-order valence-electron chi connectivity index (χ4n) is 3.94. The normalized spacial score (nSPS) is 10.7. The Morgan fingerprint density at radius 1 is 0.889 bits per heavy atom. The van der Waals surface area contributed by atoms with Gasteiger partial charge in [-0.15, -0.1) is 0 Å². The zero-order valence-electron chi connectivity index (χ0n) is 20.9. The maximum absolute atomic E-state index is 11.5. The van der Waals surface area contributed by atoms with Crippen molar-refractivity contribution in [2.24, 2.45) is 0 Å². The van der Waals surface area contributed by atoms with Gasteiger partial charge in [-0.25, -0.2) is 4.79 Å². The molecule has 0 unspecified atom stereocenters. The van der Waals surface area contributed by atoms with Gasteiger partial charge in [-0.1, -0.05) is 36.4 Å². The number of ether oxygens (including phenoxy) is 2. The van der Waals surface area contributed by atoms with Gasteiger partial charge in [0.1, 0.15) is 24.7 Å². The molecule has 0 saturated heterocycles. The summed E-state index contributed by atoms with van der Waals surface area (Å²) in [6.07, 6.45) is 0. The Labute approximate surface area is 230 Å². The van der Waals surface area contributed by atoms with E-state index in [0.717, 1.165) is 49.4 Å². The molecule has 9 heteroatoms. The Bertz CT molecular complexity index is 1440. The first-order valence-electron chi connectivity index (χ1n) is 11.3. The molecule has 3 aromatic carbocycles. The second-order valence-electron chi connectivity index (χ2n) is 8.24. The minimum atomic E-state index is -0.899. The predicted molar refractivity (Wildman–Crippen MR) is 131 cm³/mol. The minimum absolute atomic E-state index is 0. The van der Waals surface area contributed by atoms with Gasteiger partial charge < -0.3 is 24.1 Å². The van der Waals surface area contributed by atoms with Crippen LogP contribution in [0.25, 0.3) is 11.1 Å². The molecular formula is C27H27N2NaO6. The summed E-state index contributed by atoms with van der Waals surface area (Å²) in [5.74, 6) is 0.566. The predicted octanol–water partition coefficient (Wildman–Crippen LogP) is 0.353. The third-order valence-electron chi connectivity index (χ3n) is 6.05. The monoisotopic (exact) mass is 498 g/mol. The third kappa shape index (κ3) is 6.20. The van der Waals surface area contributed by atoms with Gasteiger partial charge in [-0.05, 0) is 77.9 Å². The molecule has 182 valence electrons. The maximum Gasteiger partial charge on any atom is 1.00 e. The van der Waals surface area contributed by atoms with Crippen molar-refractivity contribution in [1.29, 1.82) is 0 Å². The van der Waals surface area contributed by atoms with E-state index in [1.54, 1.807) is 0 Å². The van der Waals surface area contributed by atoms with E-state index in [-0.39, 0.29) is 49.3 Å². The first-order valence-corrected chi connectivity index (χ1v) is 11.3. The van der Waals surface area contributed by atoms with E-state index in [9.17, 15) is 9.59 Å². The Hall–Kier alpha value is -3.04. The number of hydrogen-bond donors (Lipinski definition) is 1. The summed E-state index contributed by atoms with van der Waals surface area (Å²) >= 11 is 0. The van der Waals surface area contributed by atoms with Crippen LogP contribution in [0.1, 0.15) is 27.8 Å². The summed E-state index contributed by atoms with van der Waals surface area (Å²) in [5, 5.41) is 9.04. The van der Waals surface area contributed by atoms with Gasteiger partial charge in [-0.3, -0.25) is 9.53 Å². The molecule has 0 fully saturated rings. The molecule has 0 radical (unpaired) electrons. The van der Waals surface area contributed by atoms with Crippen LogP contribution in [0.3, 0.4) is 0 Å². The number of rotatable bonds is 9. The molecule has 1 N–H and O–H groups in total. The largest absolute Gasteiger partial charge is 1.00 e. The van der Waals surface area contributed by atoms with Crippen molar-refractivity contribution >= 4 is 0 Å². The number of aliphatic hydroxyl groups excluding tert-OH is 1. The fraction of sp³-hybridized carbons (Fsp3) is 0.259. The average Bonchev–Trinajstić information content (AvgIpc) is 3.17. The molecule has 0 aliphatic carbocycles. The van der Waals surface area contributed by atoms with Gasteiger partial charge in [0.25, 0.3) is 0 Å². The molecule has 4 aromatic rings. The van der Waals surface area contributed by atoms with Gasteiger partial charge in [0.2, 0.25) is 0 Å². The Morgan fingerprint density at radius 3 is 2.28 bits per heavy atom. The molecule has 0 atom stereocenters. The van der Waals surface area contributed by atoms with Crippen molar-refractivity contribution in [2.75, 3.05) is 13.2 Å². The van der Waals surface area contributed by atoms with Gasteiger partial charge in [0.05, 0.1) is 6.61 Å². The van der Waals surface area contributed by atoms with Crippen LogP contribution >= 0.6 is 0 Å². The Kier molecular flexibility index (Phi) is 9.39. The van der Waals surface area contributed by atoms with E-state index in [0.29, 0.717) is 12.4 Å². The molecule has 8 nitrogen and oxygen atoms in total. The van der Waals surface area contributed by atoms with Crippen LogP contribution in [-0.2, 0) is 13.2 Å². The zero-order chi connectivity index (χ0) is 24.9. The average molecular weight is 499 g/mol. The maximum atomic E-state index is 11.5. The van der Waals surface area contributed by atoms with Crippen LogP contribution in [0.4, 0.5) is 0 Å². The van der Waals surface area contributed by atoms with Gasteiger partial charge in [0, 0.05) is 6.54 Å². The Morgan fingerprint density at radius 2 is 1.61 bits per heavy atom. The van der Waals surface area contributed by atoms with Crippen LogP contribution in [0.2, 0.25) is 0 Å². The molecular weight excluding hydrogens is 471 g/mol. The van der Waals surface area contributed by atoms with E-state index in [2.05, 4.69) is 31.0 Å². The molecule has 1 heterocycles. The van der Waals surface area contributed by atoms with Crippen LogP contribution in [0.5, 0.6) is 11.5 Å². The van der Waals surface area contributed by atoms with Crippen molar-refractivity contribution in [1.82, 2.24) is 9.72 Å². The van der Waals surface area contributed by atoms with Crippen molar-refractivity contribution in [2.45, 2.75) is 33.9 Å². The number of benzene rings is 3. The first kappa shape index (κ1) is 27.5. The van der Waals surface area contributed by atoms with E-state index in [1.165, 1.54) is 0 Å². The minimum Gasteiger partial charge on any atom is -0.491 e. The quantitative estimate of drug-likeness (QED) is 0.332. The Balaban J connectivity index is 0.00000361. The van der Waals surface area contributed by atoms with Gasteiger partial charge >= 0.3 is 35.3 Å². The number of aliphatic hydroxyl groups is 1. The van der Waals surface area contributed by atoms with Crippen LogP contribution in [0.15, 0.2) is 68.7 Å². The number of aromatic nitrogens is 2. The standard InChI is InChI=1S/C27H28N2O6.Na/c1-17-18(2)25(33-14-13-30)12-11-24(17)23-6-4-5-21(19(23)3)16-34-22-9-7-20(8-10-22)15-29-26(31)28-27(32)35-29;/h4-12,30H,13-16H2,1-3H3,(H,28,31,32);/q;+1/p-1. The molecule has 0 aliphatic heterocycles. The molecule has 36 heavy (non-hydrogen) atoms. The second kappa shape index (κ2) is 12.3. The summed E-state index contributed by atoms with van der Waals surface area (Å²) in [6, 6.07) is 17.4.